The van der Waals surface area contributed by atoms with Crippen molar-refractivity contribution in [2.45, 2.75) is 46.2 Å². The summed E-state index contributed by atoms with van der Waals surface area (Å²) < 4.78 is 0. The smallest absolute Gasteiger partial charge is 0.191 e. The number of guanidine groups is 1. The molecule has 124 valence electrons. The average Bonchev–Trinajstić information content (AvgIpc) is 2.99. The first-order valence-corrected chi connectivity index (χ1v) is 7.93. The predicted octanol–water partition coefficient (Wildman–Crippen LogP) is 2.76. The van der Waals surface area contributed by atoms with Gasteiger partial charge in [-0.15, -0.1) is 24.0 Å². The molecule has 5 nitrogen and oxygen atoms in total. The Hall–Kier alpha value is -1.05. The zero-order valence-corrected chi connectivity index (χ0v) is 16.1. The first-order chi connectivity index (χ1) is 10.2. The van der Waals surface area contributed by atoms with E-state index in [1.807, 2.05) is 12.3 Å². The summed E-state index contributed by atoms with van der Waals surface area (Å²) in [5.41, 5.74) is 1.20. The summed E-state index contributed by atoms with van der Waals surface area (Å²) in [6, 6.07) is 4.58. The fraction of sp³-hybridized carbons (Fsp3) is 0.625. The second kappa shape index (κ2) is 9.86. The normalized spacial score (nSPS) is 14.9. The van der Waals surface area contributed by atoms with Gasteiger partial charge in [0.15, 0.2) is 5.96 Å². The van der Waals surface area contributed by atoms with Crippen molar-refractivity contribution in [3.05, 3.63) is 23.9 Å². The molecule has 1 fully saturated rings. The van der Waals surface area contributed by atoms with Crippen LogP contribution in [0, 0.1) is 0 Å². The fourth-order valence-corrected chi connectivity index (χ4v) is 2.44. The number of pyridine rings is 1. The summed E-state index contributed by atoms with van der Waals surface area (Å²) >= 11 is 0. The number of nitrogens with zero attached hydrogens (tertiary/aromatic N) is 3. The molecule has 0 unspecified atom stereocenters. The van der Waals surface area contributed by atoms with Crippen LogP contribution in [0.25, 0.3) is 0 Å². The molecule has 2 heterocycles. The van der Waals surface area contributed by atoms with E-state index >= 15 is 0 Å². The molecule has 0 radical (unpaired) electrons. The van der Waals surface area contributed by atoms with Gasteiger partial charge in [0, 0.05) is 31.9 Å². The van der Waals surface area contributed by atoms with Gasteiger partial charge in [-0.3, -0.25) is 0 Å². The highest BCUT2D eigenvalue weighted by Gasteiger charge is 2.13. The first-order valence-electron chi connectivity index (χ1n) is 7.93. The van der Waals surface area contributed by atoms with Crippen molar-refractivity contribution in [2.75, 3.05) is 24.5 Å². The van der Waals surface area contributed by atoms with Gasteiger partial charge in [-0.05, 0) is 51.3 Å². The number of nitrogens with one attached hydrogen (secondary N) is 2. The Bertz CT molecular complexity index is 469. The lowest BCUT2D eigenvalue weighted by Gasteiger charge is -2.17. The first kappa shape index (κ1) is 19.0. The summed E-state index contributed by atoms with van der Waals surface area (Å²) in [6.07, 6.45) is 4.43. The molecule has 0 atom stereocenters. The van der Waals surface area contributed by atoms with Crippen LogP contribution in [-0.4, -0.2) is 36.6 Å². The zero-order valence-electron chi connectivity index (χ0n) is 13.8. The molecule has 1 aromatic heterocycles. The molecular formula is C16H28IN5. The number of rotatable bonds is 5. The van der Waals surface area contributed by atoms with Crippen LogP contribution in [0.3, 0.4) is 0 Å². The molecule has 6 heteroatoms. The molecular weight excluding hydrogens is 389 g/mol. The van der Waals surface area contributed by atoms with E-state index in [0.29, 0.717) is 12.6 Å². The zero-order chi connectivity index (χ0) is 15.1. The minimum Gasteiger partial charge on any atom is -0.357 e. The van der Waals surface area contributed by atoms with Crippen LogP contribution in [0.5, 0.6) is 0 Å². The Morgan fingerprint density at radius 2 is 2.09 bits per heavy atom. The molecule has 0 saturated carbocycles. The summed E-state index contributed by atoms with van der Waals surface area (Å²) in [7, 11) is 0. The van der Waals surface area contributed by atoms with Gasteiger partial charge in [-0.25, -0.2) is 9.98 Å². The van der Waals surface area contributed by atoms with Gasteiger partial charge in [-0.1, -0.05) is 0 Å². The van der Waals surface area contributed by atoms with Crippen LogP contribution in [0.1, 0.15) is 39.2 Å². The average molecular weight is 417 g/mol. The SMILES string of the molecule is CCNC(=NCc1ccnc(N2CCCC2)c1)NC(C)C.I. The third-order valence-corrected chi connectivity index (χ3v) is 3.43. The number of aliphatic imine (C=N–C) groups is 1. The van der Waals surface area contributed by atoms with Gasteiger partial charge in [0.1, 0.15) is 5.82 Å². The summed E-state index contributed by atoms with van der Waals surface area (Å²) in [5, 5.41) is 6.60. The quantitative estimate of drug-likeness (QED) is 0.440. The lowest BCUT2D eigenvalue weighted by Crippen LogP contribution is -2.41. The molecule has 1 saturated heterocycles. The summed E-state index contributed by atoms with van der Waals surface area (Å²) in [4.78, 5) is 11.5. The maximum atomic E-state index is 4.64. The third-order valence-electron chi connectivity index (χ3n) is 3.43. The molecule has 0 aromatic carbocycles. The molecule has 0 aliphatic carbocycles. The third kappa shape index (κ3) is 5.98. The minimum absolute atomic E-state index is 0. The van der Waals surface area contributed by atoms with Crippen LogP contribution < -0.4 is 15.5 Å². The van der Waals surface area contributed by atoms with E-state index in [2.05, 4.69) is 52.3 Å². The van der Waals surface area contributed by atoms with E-state index < -0.39 is 0 Å². The highest BCUT2D eigenvalue weighted by atomic mass is 127. The van der Waals surface area contributed by atoms with Crippen LogP contribution >= 0.6 is 24.0 Å². The molecule has 2 N–H and O–H groups in total. The maximum Gasteiger partial charge on any atom is 0.191 e. The van der Waals surface area contributed by atoms with E-state index in [9.17, 15) is 0 Å². The van der Waals surface area contributed by atoms with E-state index in [-0.39, 0.29) is 24.0 Å². The number of hydrogen-bond donors (Lipinski definition) is 2. The van der Waals surface area contributed by atoms with Gasteiger partial charge >= 0.3 is 0 Å². The van der Waals surface area contributed by atoms with E-state index in [4.69, 9.17) is 0 Å². The fourth-order valence-electron chi connectivity index (χ4n) is 2.44. The molecule has 1 aromatic rings. The monoisotopic (exact) mass is 417 g/mol. The van der Waals surface area contributed by atoms with Crippen LogP contribution in [-0.2, 0) is 6.54 Å². The Morgan fingerprint density at radius 3 is 2.73 bits per heavy atom. The molecule has 1 aliphatic rings. The number of aromatic nitrogens is 1. The van der Waals surface area contributed by atoms with Crippen molar-refractivity contribution in [3.63, 3.8) is 0 Å². The lowest BCUT2D eigenvalue weighted by atomic mass is 10.2. The second-order valence-electron chi connectivity index (χ2n) is 5.71. The summed E-state index contributed by atoms with van der Waals surface area (Å²) in [5.74, 6) is 1.95. The van der Waals surface area contributed by atoms with Crippen molar-refractivity contribution >= 4 is 35.8 Å². The van der Waals surface area contributed by atoms with Crippen molar-refractivity contribution < 1.29 is 0 Å². The highest BCUT2D eigenvalue weighted by molar-refractivity contribution is 14.0. The Kier molecular flexibility index (Phi) is 8.52. The van der Waals surface area contributed by atoms with E-state index in [0.717, 1.165) is 31.4 Å². The predicted molar refractivity (Wildman–Crippen MR) is 104 cm³/mol. The van der Waals surface area contributed by atoms with E-state index in [1.54, 1.807) is 0 Å². The summed E-state index contributed by atoms with van der Waals surface area (Å²) in [6.45, 7) is 10.1. The molecule has 1 aliphatic heterocycles. The standard InChI is InChI=1S/C16H27N5.HI/c1-4-17-16(20-13(2)3)19-12-14-7-8-18-15(11-14)21-9-5-6-10-21;/h7-8,11,13H,4-6,9-10,12H2,1-3H3,(H2,17,19,20);1H. The maximum absolute atomic E-state index is 4.64. The molecule has 0 spiro atoms. The second-order valence-corrected chi connectivity index (χ2v) is 5.71. The molecule has 0 amide bonds. The van der Waals surface area contributed by atoms with Gasteiger partial charge in [0.05, 0.1) is 6.54 Å². The van der Waals surface area contributed by atoms with Crippen LogP contribution in [0.4, 0.5) is 5.82 Å². The Labute approximate surface area is 151 Å². The number of hydrogen-bond acceptors (Lipinski definition) is 3. The lowest BCUT2D eigenvalue weighted by molar-refractivity contribution is 0.700. The van der Waals surface area contributed by atoms with Gasteiger partial charge < -0.3 is 15.5 Å². The number of halogens is 1. The topological polar surface area (TPSA) is 52.6 Å². The highest BCUT2D eigenvalue weighted by Crippen LogP contribution is 2.18. The van der Waals surface area contributed by atoms with Gasteiger partial charge in [0.2, 0.25) is 0 Å². The minimum atomic E-state index is 0. The van der Waals surface area contributed by atoms with E-state index in [1.165, 1.54) is 18.4 Å². The Morgan fingerprint density at radius 1 is 1.36 bits per heavy atom. The van der Waals surface area contributed by atoms with Crippen molar-refractivity contribution in [3.8, 4) is 0 Å². The van der Waals surface area contributed by atoms with Crippen molar-refractivity contribution in [2.24, 2.45) is 4.99 Å². The Balaban J connectivity index is 0.00000242. The van der Waals surface area contributed by atoms with Crippen molar-refractivity contribution in [1.29, 1.82) is 0 Å². The van der Waals surface area contributed by atoms with Crippen LogP contribution in [0.15, 0.2) is 23.3 Å². The molecule has 22 heavy (non-hydrogen) atoms. The van der Waals surface area contributed by atoms with Crippen LogP contribution in [0.2, 0.25) is 0 Å². The van der Waals surface area contributed by atoms with Gasteiger partial charge in [0.25, 0.3) is 0 Å². The number of anilines is 1. The van der Waals surface area contributed by atoms with Gasteiger partial charge in [-0.2, -0.15) is 0 Å². The molecule has 0 bridgehead atoms. The van der Waals surface area contributed by atoms with Crippen molar-refractivity contribution in [1.82, 2.24) is 15.6 Å². The molecule has 2 rings (SSSR count). The largest absolute Gasteiger partial charge is 0.357 e.